The second-order valence-corrected chi connectivity index (χ2v) is 4.30. The van der Waals surface area contributed by atoms with Crippen LogP contribution >= 0.6 is 0 Å². The van der Waals surface area contributed by atoms with Crippen molar-refractivity contribution in [3.05, 3.63) is 0 Å². The van der Waals surface area contributed by atoms with E-state index in [4.69, 9.17) is 9.29 Å². The molecule has 11 heavy (non-hydrogen) atoms. The Morgan fingerprint density at radius 2 is 1.91 bits per heavy atom. The summed E-state index contributed by atoms with van der Waals surface area (Å²) in [7, 11) is -3.78. The zero-order valence-corrected chi connectivity index (χ0v) is 7.01. The molecule has 1 heterocycles. The molecule has 0 radical (unpaired) electrons. The minimum absolute atomic E-state index is 0.0822. The van der Waals surface area contributed by atoms with Crippen molar-refractivity contribution in [1.82, 2.24) is 0 Å². The Kier molecular flexibility index (Phi) is 2.86. The van der Waals surface area contributed by atoms with Gasteiger partial charge < -0.3 is 4.74 Å². The highest BCUT2D eigenvalue weighted by molar-refractivity contribution is 7.85. The van der Waals surface area contributed by atoms with Gasteiger partial charge in [-0.05, 0) is 18.8 Å². The average molecular weight is 180 g/mol. The summed E-state index contributed by atoms with van der Waals surface area (Å²) in [6.45, 7) is 1.22. The van der Waals surface area contributed by atoms with E-state index in [0.717, 1.165) is 12.8 Å². The standard InChI is InChI=1S/C6H12O4S/c7-11(8,9)5-6-1-3-10-4-2-6/h6H,1-5H2,(H,7,8,9). The van der Waals surface area contributed by atoms with Crippen LogP contribution in [0.5, 0.6) is 0 Å². The maximum Gasteiger partial charge on any atom is 0.265 e. The topological polar surface area (TPSA) is 63.6 Å². The Labute approximate surface area is 66.3 Å². The maximum absolute atomic E-state index is 10.4. The van der Waals surface area contributed by atoms with Crippen LogP contribution in [0.1, 0.15) is 12.8 Å². The van der Waals surface area contributed by atoms with E-state index < -0.39 is 10.1 Å². The Bertz CT molecular complexity index is 203. The molecule has 1 saturated heterocycles. The lowest BCUT2D eigenvalue weighted by molar-refractivity contribution is 0.0720. The van der Waals surface area contributed by atoms with E-state index in [1.807, 2.05) is 0 Å². The Morgan fingerprint density at radius 1 is 1.36 bits per heavy atom. The van der Waals surface area contributed by atoms with Crippen LogP contribution in [0.4, 0.5) is 0 Å². The SMILES string of the molecule is O=S(=O)(O)CC1CCOCC1. The van der Waals surface area contributed by atoms with E-state index in [2.05, 4.69) is 0 Å². The van der Waals surface area contributed by atoms with E-state index in [1.165, 1.54) is 0 Å². The van der Waals surface area contributed by atoms with E-state index in [1.54, 1.807) is 0 Å². The van der Waals surface area contributed by atoms with Crippen LogP contribution in [0.3, 0.4) is 0 Å². The molecule has 0 aromatic heterocycles. The molecule has 0 spiro atoms. The fourth-order valence-electron chi connectivity index (χ4n) is 1.21. The third kappa shape index (κ3) is 3.69. The van der Waals surface area contributed by atoms with Gasteiger partial charge in [-0.25, -0.2) is 0 Å². The fraction of sp³-hybridized carbons (Fsp3) is 1.00. The highest BCUT2D eigenvalue weighted by Crippen LogP contribution is 2.15. The highest BCUT2D eigenvalue weighted by atomic mass is 32.2. The van der Waals surface area contributed by atoms with Gasteiger partial charge in [0.2, 0.25) is 0 Å². The average Bonchev–Trinajstić information content (AvgIpc) is 1.85. The largest absolute Gasteiger partial charge is 0.381 e. The minimum Gasteiger partial charge on any atom is -0.381 e. The molecular weight excluding hydrogens is 168 g/mol. The summed E-state index contributed by atoms with van der Waals surface area (Å²) in [6.07, 6.45) is 1.47. The zero-order chi connectivity index (χ0) is 8.32. The van der Waals surface area contributed by atoms with Crippen molar-refractivity contribution in [3.8, 4) is 0 Å². The van der Waals surface area contributed by atoms with E-state index >= 15 is 0 Å². The van der Waals surface area contributed by atoms with Crippen LogP contribution < -0.4 is 0 Å². The van der Waals surface area contributed by atoms with E-state index in [-0.39, 0.29) is 11.7 Å². The molecule has 5 heteroatoms. The number of hydrogen-bond donors (Lipinski definition) is 1. The van der Waals surface area contributed by atoms with Gasteiger partial charge in [-0.1, -0.05) is 0 Å². The lowest BCUT2D eigenvalue weighted by Crippen LogP contribution is -2.22. The molecule has 1 aliphatic rings. The number of ether oxygens (including phenoxy) is 1. The quantitative estimate of drug-likeness (QED) is 0.621. The van der Waals surface area contributed by atoms with Crippen molar-refractivity contribution < 1.29 is 17.7 Å². The van der Waals surface area contributed by atoms with Gasteiger partial charge >= 0.3 is 0 Å². The van der Waals surface area contributed by atoms with Crippen LogP contribution in [-0.2, 0) is 14.9 Å². The lowest BCUT2D eigenvalue weighted by atomic mass is 10.0. The van der Waals surface area contributed by atoms with Gasteiger partial charge in [0, 0.05) is 13.2 Å². The summed E-state index contributed by atoms with van der Waals surface area (Å²) in [4.78, 5) is 0. The monoisotopic (exact) mass is 180 g/mol. The highest BCUT2D eigenvalue weighted by Gasteiger charge is 2.19. The minimum atomic E-state index is -3.78. The Hall–Kier alpha value is -0.130. The predicted molar refractivity (Wildman–Crippen MR) is 40.0 cm³/mol. The van der Waals surface area contributed by atoms with Crippen LogP contribution in [0.15, 0.2) is 0 Å². The van der Waals surface area contributed by atoms with Crippen molar-refractivity contribution in [2.24, 2.45) is 5.92 Å². The summed E-state index contributed by atoms with van der Waals surface area (Å²) in [5, 5.41) is 0. The van der Waals surface area contributed by atoms with Crippen LogP contribution in [0, 0.1) is 5.92 Å². The fourth-order valence-corrected chi connectivity index (χ4v) is 2.14. The van der Waals surface area contributed by atoms with Gasteiger partial charge in [0.05, 0.1) is 5.75 Å². The lowest BCUT2D eigenvalue weighted by Gasteiger charge is -2.20. The molecule has 0 aromatic rings. The summed E-state index contributed by atoms with van der Waals surface area (Å²) >= 11 is 0. The first-order chi connectivity index (χ1) is 5.08. The molecular formula is C6H12O4S. The van der Waals surface area contributed by atoms with E-state index in [9.17, 15) is 8.42 Å². The second kappa shape index (κ2) is 3.51. The van der Waals surface area contributed by atoms with Gasteiger partial charge in [-0.15, -0.1) is 0 Å². The van der Waals surface area contributed by atoms with Crippen molar-refractivity contribution in [2.75, 3.05) is 19.0 Å². The summed E-state index contributed by atoms with van der Waals surface area (Å²) in [6, 6.07) is 0. The first-order valence-electron chi connectivity index (χ1n) is 3.61. The summed E-state index contributed by atoms with van der Waals surface area (Å²) < 4.78 is 34.4. The van der Waals surface area contributed by atoms with Crippen LogP contribution in [0.2, 0.25) is 0 Å². The maximum atomic E-state index is 10.4. The third-order valence-corrected chi connectivity index (χ3v) is 2.68. The first kappa shape index (κ1) is 8.96. The van der Waals surface area contributed by atoms with Crippen LogP contribution in [0.25, 0.3) is 0 Å². The molecule has 4 nitrogen and oxygen atoms in total. The molecule has 66 valence electrons. The first-order valence-corrected chi connectivity index (χ1v) is 5.22. The molecule has 0 atom stereocenters. The van der Waals surface area contributed by atoms with Gasteiger partial charge in [0.1, 0.15) is 0 Å². The molecule has 1 aliphatic heterocycles. The molecule has 0 aliphatic carbocycles. The molecule has 0 saturated carbocycles. The third-order valence-electron chi connectivity index (χ3n) is 1.79. The van der Waals surface area contributed by atoms with Crippen molar-refractivity contribution in [2.45, 2.75) is 12.8 Å². The van der Waals surface area contributed by atoms with Crippen molar-refractivity contribution in [1.29, 1.82) is 0 Å². The van der Waals surface area contributed by atoms with Crippen molar-refractivity contribution in [3.63, 3.8) is 0 Å². The zero-order valence-electron chi connectivity index (χ0n) is 6.19. The second-order valence-electron chi connectivity index (χ2n) is 2.80. The number of rotatable bonds is 2. The van der Waals surface area contributed by atoms with E-state index in [0.29, 0.717) is 13.2 Å². The smallest absolute Gasteiger partial charge is 0.265 e. The normalized spacial score (nSPS) is 21.9. The predicted octanol–water partition coefficient (Wildman–Crippen LogP) is 0.301. The number of hydrogen-bond acceptors (Lipinski definition) is 3. The summed E-state index contributed by atoms with van der Waals surface area (Å²) in [5.74, 6) is -0.0325. The molecule has 0 amide bonds. The van der Waals surface area contributed by atoms with Gasteiger partial charge in [0.25, 0.3) is 10.1 Å². The Morgan fingerprint density at radius 3 is 2.36 bits per heavy atom. The molecule has 0 aromatic carbocycles. The summed E-state index contributed by atoms with van der Waals surface area (Å²) in [5.41, 5.74) is 0. The molecule has 1 N–H and O–H groups in total. The molecule has 0 unspecified atom stereocenters. The van der Waals surface area contributed by atoms with Gasteiger partial charge in [-0.2, -0.15) is 8.42 Å². The van der Waals surface area contributed by atoms with Crippen molar-refractivity contribution >= 4 is 10.1 Å². The Balaban J connectivity index is 2.36. The van der Waals surface area contributed by atoms with Gasteiger partial charge in [0.15, 0.2) is 0 Å². The van der Waals surface area contributed by atoms with Crippen LogP contribution in [-0.4, -0.2) is 31.9 Å². The molecule has 1 rings (SSSR count). The van der Waals surface area contributed by atoms with Gasteiger partial charge in [-0.3, -0.25) is 4.55 Å². The molecule has 0 bridgehead atoms. The molecule has 1 fully saturated rings.